The molecule has 2 heterocycles. The normalized spacial score (nSPS) is 17.6. The highest BCUT2D eigenvalue weighted by molar-refractivity contribution is 5.95. The van der Waals surface area contributed by atoms with Gasteiger partial charge in [0, 0.05) is 57.8 Å². The summed E-state index contributed by atoms with van der Waals surface area (Å²) in [4.78, 5) is 42.7. The molecule has 0 unspecified atom stereocenters. The lowest BCUT2D eigenvalue weighted by Crippen LogP contribution is -2.51. The minimum Gasteiger partial charge on any atom is -0.352 e. The van der Waals surface area contributed by atoms with E-state index in [0.29, 0.717) is 38.2 Å². The number of piperazine rings is 1. The molecule has 0 bridgehead atoms. The molecule has 2 fully saturated rings. The quantitative estimate of drug-likeness (QED) is 0.788. The van der Waals surface area contributed by atoms with Gasteiger partial charge in [-0.3, -0.25) is 19.3 Å². The van der Waals surface area contributed by atoms with Gasteiger partial charge in [0.2, 0.25) is 11.8 Å². The first kappa shape index (κ1) is 20.3. The van der Waals surface area contributed by atoms with E-state index in [4.69, 9.17) is 0 Å². The van der Waals surface area contributed by atoms with Crippen LogP contribution in [-0.4, -0.2) is 84.8 Å². The molecule has 152 valence electrons. The van der Waals surface area contributed by atoms with Crippen molar-refractivity contribution in [2.75, 3.05) is 52.4 Å². The lowest BCUT2D eigenvalue weighted by molar-refractivity contribution is -0.134. The van der Waals surface area contributed by atoms with Crippen LogP contribution in [0.15, 0.2) is 24.3 Å². The number of nitrogens with zero attached hydrogens (tertiary/aromatic N) is 3. The first-order chi connectivity index (χ1) is 13.5. The largest absolute Gasteiger partial charge is 0.352 e. The van der Waals surface area contributed by atoms with Crippen molar-refractivity contribution in [2.45, 2.75) is 26.2 Å². The van der Waals surface area contributed by atoms with Gasteiger partial charge in [-0.2, -0.15) is 0 Å². The van der Waals surface area contributed by atoms with Crippen LogP contribution in [0.2, 0.25) is 0 Å². The maximum atomic E-state index is 12.4. The average molecular weight is 386 g/mol. The summed E-state index contributed by atoms with van der Waals surface area (Å²) in [5, 5.41) is 2.83. The number of nitrogens with one attached hydrogen (secondary N) is 1. The maximum Gasteiger partial charge on any atom is 0.251 e. The molecule has 0 saturated carbocycles. The summed E-state index contributed by atoms with van der Waals surface area (Å²) in [5.41, 5.74) is 1.57. The van der Waals surface area contributed by atoms with Gasteiger partial charge in [-0.15, -0.1) is 0 Å². The molecule has 2 saturated heterocycles. The molecule has 7 nitrogen and oxygen atoms in total. The summed E-state index contributed by atoms with van der Waals surface area (Å²) in [6, 6.07) is 7.41. The summed E-state index contributed by atoms with van der Waals surface area (Å²) in [6.45, 7) is 7.16. The van der Waals surface area contributed by atoms with Gasteiger partial charge in [0.25, 0.3) is 5.91 Å². The first-order valence-corrected chi connectivity index (χ1v) is 10.2. The maximum absolute atomic E-state index is 12.4. The number of benzene rings is 1. The lowest BCUT2D eigenvalue weighted by atomic mass is 10.1. The van der Waals surface area contributed by atoms with Crippen LogP contribution in [0.1, 0.15) is 35.2 Å². The minimum atomic E-state index is -0.142. The van der Waals surface area contributed by atoms with E-state index >= 15 is 0 Å². The summed E-state index contributed by atoms with van der Waals surface area (Å²) in [7, 11) is 0. The number of rotatable bonds is 6. The van der Waals surface area contributed by atoms with Crippen LogP contribution in [-0.2, 0) is 9.59 Å². The molecule has 3 amide bonds. The second-order valence-corrected chi connectivity index (χ2v) is 7.57. The molecule has 0 aliphatic carbocycles. The Morgan fingerprint density at radius 2 is 1.54 bits per heavy atom. The third kappa shape index (κ3) is 5.32. The number of carbonyl (C=O) groups excluding carboxylic acids is 3. The Morgan fingerprint density at radius 1 is 0.893 bits per heavy atom. The van der Waals surface area contributed by atoms with Crippen molar-refractivity contribution in [3.8, 4) is 0 Å². The molecule has 1 N–H and O–H groups in total. The molecule has 2 aliphatic heterocycles. The van der Waals surface area contributed by atoms with Crippen molar-refractivity contribution in [3.63, 3.8) is 0 Å². The molecular weight excluding hydrogens is 356 g/mol. The van der Waals surface area contributed by atoms with Crippen molar-refractivity contribution in [3.05, 3.63) is 35.4 Å². The summed E-state index contributed by atoms with van der Waals surface area (Å²) in [5.74, 6) is 0.114. The summed E-state index contributed by atoms with van der Waals surface area (Å²) >= 11 is 0. The van der Waals surface area contributed by atoms with Gasteiger partial charge in [-0.05, 0) is 31.4 Å². The molecule has 1 aromatic carbocycles. The number of likely N-dealkylation sites (tertiary alicyclic amines) is 1. The fourth-order valence-electron chi connectivity index (χ4n) is 3.78. The molecule has 0 atom stereocenters. The van der Waals surface area contributed by atoms with E-state index in [1.165, 1.54) is 0 Å². The van der Waals surface area contributed by atoms with Crippen molar-refractivity contribution < 1.29 is 14.4 Å². The van der Waals surface area contributed by atoms with Gasteiger partial charge >= 0.3 is 0 Å². The zero-order chi connectivity index (χ0) is 19.9. The van der Waals surface area contributed by atoms with Gasteiger partial charge in [-0.1, -0.05) is 18.2 Å². The van der Waals surface area contributed by atoms with Crippen LogP contribution >= 0.6 is 0 Å². The lowest BCUT2D eigenvalue weighted by Gasteiger charge is -2.35. The zero-order valence-electron chi connectivity index (χ0n) is 16.7. The second-order valence-electron chi connectivity index (χ2n) is 7.57. The Labute approximate surface area is 166 Å². The van der Waals surface area contributed by atoms with Crippen molar-refractivity contribution in [1.82, 2.24) is 20.0 Å². The molecule has 1 aromatic rings. The molecular formula is C21H30N4O3. The minimum absolute atomic E-state index is 0.0515. The Hall–Kier alpha value is -2.41. The number of hydrogen-bond donors (Lipinski definition) is 1. The number of carbonyl (C=O) groups is 3. The van der Waals surface area contributed by atoms with Gasteiger partial charge in [0.05, 0.1) is 6.54 Å². The van der Waals surface area contributed by atoms with Crippen LogP contribution in [0.4, 0.5) is 0 Å². The third-order valence-corrected chi connectivity index (χ3v) is 5.56. The average Bonchev–Trinajstić information content (AvgIpc) is 3.23. The van der Waals surface area contributed by atoms with Crippen LogP contribution in [0.25, 0.3) is 0 Å². The summed E-state index contributed by atoms with van der Waals surface area (Å²) < 4.78 is 0. The first-order valence-electron chi connectivity index (χ1n) is 10.2. The second kappa shape index (κ2) is 9.68. The fourth-order valence-corrected chi connectivity index (χ4v) is 3.78. The van der Waals surface area contributed by atoms with E-state index in [0.717, 1.165) is 44.6 Å². The SMILES string of the molecule is Cc1ccccc1C(=O)NCCC(=O)N1CCN(CC(=O)N2CCCC2)CC1. The van der Waals surface area contributed by atoms with Gasteiger partial charge in [0.1, 0.15) is 0 Å². The van der Waals surface area contributed by atoms with Gasteiger partial charge in [-0.25, -0.2) is 0 Å². The highest BCUT2D eigenvalue weighted by atomic mass is 16.2. The monoisotopic (exact) mass is 386 g/mol. The van der Waals surface area contributed by atoms with Crippen molar-refractivity contribution >= 4 is 17.7 Å². The molecule has 28 heavy (non-hydrogen) atoms. The number of hydrogen-bond acceptors (Lipinski definition) is 4. The molecule has 0 radical (unpaired) electrons. The Balaban J connectivity index is 1.35. The highest BCUT2D eigenvalue weighted by Gasteiger charge is 2.25. The standard InChI is InChI=1S/C21H30N4O3/c1-17-6-2-3-7-18(17)21(28)22-9-8-19(26)25-14-12-23(13-15-25)16-20(27)24-10-4-5-11-24/h2-3,6-7H,4-5,8-16H2,1H3,(H,22,28). The predicted molar refractivity (Wildman–Crippen MR) is 107 cm³/mol. The molecule has 3 rings (SSSR count). The van der Waals surface area contributed by atoms with E-state index in [-0.39, 0.29) is 17.7 Å². The van der Waals surface area contributed by atoms with Crippen molar-refractivity contribution in [2.24, 2.45) is 0 Å². The zero-order valence-corrected chi connectivity index (χ0v) is 16.7. The van der Waals surface area contributed by atoms with E-state index in [2.05, 4.69) is 10.2 Å². The molecule has 0 spiro atoms. The molecule has 2 aliphatic rings. The Kier molecular flexibility index (Phi) is 7.03. The van der Waals surface area contributed by atoms with Crippen LogP contribution in [0.5, 0.6) is 0 Å². The topological polar surface area (TPSA) is 73.0 Å². The van der Waals surface area contributed by atoms with Crippen LogP contribution in [0, 0.1) is 6.92 Å². The van der Waals surface area contributed by atoms with Gasteiger partial charge in [0.15, 0.2) is 0 Å². The van der Waals surface area contributed by atoms with E-state index in [9.17, 15) is 14.4 Å². The van der Waals surface area contributed by atoms with Crippen LogP contribution < -0.4 is 5.32 Å². The van der Waals surface area contributed by atoms with E-state index in [1.807, 2.05) is 34.9 Å². The Morgan fingerprint density at radius 3 is 2.21 bits per heavy atom. The third-order valence-electron chi connectivity index (χ3n) is 5.56. The fraction of sp³-hybridized carbons (Fsp3) is 0.571. The smallest absolute Gasteiger partial charge is 0.251 e. The molecule has 7 heteroatoms. The number of amides is 3. The Bertz CT molecular complexity index is 707. The van der Waals surface area contributed by atoms with Crippen LogP contribution in [0.3, 0.4) is 0 Å². The van der Waals surface area contributed by atoms with Gasteiger partial charge < -0.3 is 15.1 Å². The summed E-state index contributed by atoms with van der Waals surface area (Å²) in [6.07, 6.45) is 2.51. The van der Waals surface area contributed by atoms with Crippen molar-refractivity contribution in [1.29, 1.82) is 0 Å². The van der Waals surface area contributed by atoms with E-state index < -0.39 is 0 Å². The molecule has 0 aromatic heterocycles. The number of aryl methyl sites for hydroxylation is 1. The van der Waals surface area contributed by atoms with E-state index in [1.54, 1.807) is 6.07 Å². The predicted octanol–water partition coefficient (Wildman–Crippen LogP) is 0.882. The highest BCUT2D eigenvalue weighted by Crippen LogP contribution is 2.10.